The molecule has 0 radical (unpaired) electrons. The summed E-state index contributed by atoms with van der Waals surface area (Å²) in [6, 6.07) is 6.75. The van der Waals surface area contributed by atoms with Crippen molar-refractivity contribution in [2.75, 3.05) is 12.4 Å². The molecule has 6 heteroatoms. The maximum absolute atomic E-state index is 12.4. The van der Waals surface area contributed by atoms with Crippen LogP contribution in [0.25, 0.3) is 0 Å². The van der Waals surface area contributed by atoms with Gasteiger partial charge in [-0.25, -0.2) is 0 Å². The van der Waals surface area contributed by atoms with Gasteiger partial charge in [-0.2, -0.15) is 0 Å². The van der Waals surface area contributed by atoms with Gasteiger partial charge in [0.15, 0.2) is 0 Å². The first-order chi connectivity index (χ1) is 10.6. The number of hydrogen-bond donors (Lipinski definition) is 2. The molecule has 3 rings (SSSR count). The van der Waals surface area contributed by atoms with E-state index in [0.29, 0.717) is 21.2 Å². The number of fused-ring (bicyclic) bond motifs is 1. The second kappa shape index (κ2) is 6.10. The van der Waals surface area contributed by atoms with Crippen molar-refractivity contribution in [3.63, 3.8) is 0 Å². The van der Waals surface area contributed by atoms with Gasteiger partial charge in [0.25, 0.3) is 11.8 Å². The number of amides is 2. The zero-order valence-electron chi connectivity index (χ0n) is 12.0. The largest absolute Gasteiger partial charge is 0.355 e. The van der Waals surface area contributed by atoms with Gasteiger partial charge in [0, 0.05) is 22.5 Å². The molecule has 0 bridgehead atoms. The fourth-order valence-electron chi connectivity index (χ4n) is 2.66. The lowest BCUT2D eigenvalue weighted by atomic mass is 10.1. The van der Waals surface area contributed by atoms with Crippen molar-refractivity contribution in [3.05, 3.63) is 50.9 Å². The monoisotopic (exact) mass is 334 g/mol. The first-order valence-electron chi connectivity index (χ1n) is 7.03. The number of hydrogen-bond acceptors (Lipinski definition) is 3. The van der Waals surface area contributed by atoms with Crippen LogP contribution in [0.15, 0.2) is 24.3 Å². The lowest BCUT2D eigenvalue weighted by Gasteiger charge is -2.07. The van der Waals surface area contributed by atoms with E-state index in [9.17, 15) is 9.59 Å². The Balaban J connectivity index is 1.92. The van der Waals surface area contributed by atoms with Crippen LogP contribution in [0.1, 0.15) is 37.6 Å². The SMILES string of the molecule is CNC(=O)c1c(NC(=O)c2cccc(Cl)c2)sc2c1CCC2. The van der Waals surface area contributed by atoms with Gasteiger partial charge in [-0.3, -0.25) is 9.59 Å². The Kier molecular flexibility index (Phi) is 4.18. The summed E-state index contributed by atoms with van der Waals surface area (Å²) in [5.41, 5.74) is 2.16. The smallest absolute Gasteiger partial charge is 0.256 e. The lowest BCUT2D eigenvalue weighted by Crippen LogP contribution is -2.21. The Labute approximate surface area is 137 Å². The highest BCUT2D eigenvalue weighted by Gasteiger charge is 2.27. The topological polar surface area (TPSA) is 58.2 Å². The van der Waals surface area contributed by atoms with Crippen molar-refractivity contribution in [1.29, 1.82) is 0 Å². The summed E-state index contributed by atoms with van der Waals surface area (Å²) in [4.78, 5) is 25.7. The Bertz CT molecular complexity index is 755. The number of anilines is 1. The van der Waals surface area contributed by atoms with Gasteiger partial charge in [-0.1, -0.05) is 17.7 Å². The maximum Gasteiger partial charge on any atom is 0.256 e. The van der Waals surface area contributed by atoms with Crippen molar-refractivity contribution in [2.45, 2.75) is 19.3 Å². The Hall–Kier alpha value is -1.85. The summed E-state index contributed by atoms with van der Waals surface area (Å²) in [7, 11) is 1.60. The van der Waals surface area contributed by atoms with Crippen LogP contribution in [-0.2, 0) is 12.8 Å². The number of nitrogens with one attached hydrogen (secondary N) is 2. The number of carbonyl (C=O) groups excluding carboxylic acids is 2. The number of halogens is 1. The van der Waals surface area contributed by atoms with Gasteiger partial charge in [0.1, 0.15) is 5.00 Å². The molecule has 0 aliphatic heterocycles. The molecule has 0 atom stereocenters. The van der Waals surface area contributed by atoms with Crippen LogP contribution in [0.4, 0.5) is 5.00 Å². The van der Waals surface area contributed by atoms with Crippen LogP contribution in [-0.4, -0.2) is 18.9 Å². The van der Waals surface area contributed by atoms with Gasteiger partial charge in [-0.05, 0) is 43.0 Å². The van der Waals surface area contributed by atoms with Crippen LogP contribution in [0, 0.1) is 0 Å². The van der Waals surface area contributed by atoms with Gasteiger partial charge in [0.2, 0.25) is 0 Å². The molecule has 2 amide bonds. The third-order valence-electron chi connectivity index (χ3n) is 3.69. The van der Waals surface area contributed by atoms with Crippen LogP contribution in [0.2, 0.25) is 5.02 Å². The molecule has 2 aromatic rings. The predicted octanol–water partition coefficient (Wildman–Crippen LogP) is 3.50. The highest BCUT2D eigenvalue weighted by molar-refractivity contribution is 7.17. The fourth-order valence-corrected chi connectivity index (χ4v) is 4.13. The minimum Gasteiger partial charge on any atom is -0.355 e. The van der Waals surface area contributed by atoms with E-state index in [4.69, 9.17) is 11.6 Å². The molecule has 1 aromatic heterocycles. The molecule has 0 spiro atoms. The molecular formula is C16H15ClN2O2S. The quantitative estimate of drug-likeness (QED) is 0.902. The molecule has 0 unspecified atom stereocenters. The molecule has 0 saturated heterocycles. The third kappa shape index (κ3) is 2.74. The third-order valence-corrected chi connectivity index (χ3v) is 5.13. The Morgan fingerprint density at radius 1 is 1.23 bits per heavy atom. The number of thiophene rings is 1. The van der Waals surface area contributed by atoms with Gasteiger partial charge in [0.05, 0.1) is 5.56 Å². The normalized spacial score (nSPS) is 12.8. The van der Waals surface area contributed by atoms with E-state index < -0.39 is 0 Å². The maximum atomic E-state index is 12.4. The standard InChI is InChI=1S/C16H15ClN2O2S/c1-18-15(21)13-11-6-3-7-12(11)22-16(13)19-14(20)9-4-2-5-10(17)8-9/h2,4-5,8H,3,6-7H2,1H3,(H,18,21)(H,19,20). The minimum atomic E-state index is -0.257. The molecule has 2 N–H and O–H groups in total. The summed E-state index contributed by atoms with van der Waals surface area (Å²) in [5.74, 6) is -0.409. The molecule has 1 aliphatic rings. The minimum absolute atomic E-state index is 0.152. The van der Waals surface area contributed by atoms with E-state index in [-0.39, 0.29) is 11.8 Å². The second-order valence-corrected chi connectivity index (χ2v) is 6.65. The molecule has 1 heterocycles. The predicted molar refractivity (Wildman–Crippen MR) is 89.1 cm³/mol. The molecular weight excluding hydrogens is 320 g/mol. The van der Waals surface area contributed by atoms with Crippen LogP contribution < -0.4 is 10.6 Å². The molecule has 114 valence electrons. The summed E-state index contributed by atoms with van der Waals surface area (Å²) in [5, 5.41) is 6.64. The van der Waals surface area contributed by atoms with Crippen LogP contribution >= 0.6 is 22.9 Å². The zero-order chi connectivity index (χ0) is 15.7. The van der Waals surface area contributed by atoms with Gasteiger partial charge < -0.3 is 10.6 Å². The zero-order valence-corrected chi connectivity index (χ0v) is 13.6. The molecule has 0 saturated carbocycles. The van der Waals surface area contributed by atoms with Gasteiger partial charge >= 0.3 is 0 Å². The molecule has 0 fully saturated rings. The van der Waals surface area contributed by atoms with E-state index in [0.717, 1.165) is 24.8 Å². The fraction of sp³-hybridized carbons (Fsp3) is 0.250. The Morgan fingerprint density at radius 3 is 2.77 bits per heavy atom. The summed E-state index contributed by atoms with van der Waals surface area (Å²) in [6.45, 7) is 0. The number of benzene rings is 1. The first kappa shape index (κ1) is 15.1. The van der Waals surface area contributed by atoms with Gasteiger partial charge in [-0.15, -0.1) is 11.3 Å². The summed E-state index contributed by atoms with van der Waals surface area (Å²) < 4.78 is 0. The number of aryl methyl sites for hydroxylation is 1. The Morgan fingerprint density at radius 2 is 2.05 bits per heavy atom. The second-order valence-electron chi connectivity index (χ2n) is 5.11. The van der Waals surface area contributed by atoms with E-state index in [1.807, 2.05) is 0 Å². The highest BCUT2D eigenvalue weighted by Crippen LogP contribution is 2.39. The van der Waals surface area contributed by atoms with Crippen molar-refractivity contribution in [1.82, 2.24) is 5.32 Å². The summed E-state index contributed by atoms with van der Waals surface area (Å²) in [6.07, 6.45) is 2.92. The van der Waals surface area contributed by atoms with Crippen LogP contribution in [0.5, 0.6) is 0 Å². The highest BCUT2D eigenvalue weighted by atomic mass is 35.5. The van der Waals surface area contributed by atoms with Crippen molar-refractivity contribution in [3.8, 4) is 0 Å². The first-order valence-corrected chi connectivity index (χ1v) is 8.23. The molecule has 22 heavy (non-hydrogen) atoms. The molecule has 1 aliphatic carbocycles. The van der Waals surface area contributed by atoms with E-state index in [2.05, 4.69) is 10.6 Å². The summed E-state index contributed by atoms with van der Waals surface area (Å²) >= 11 is 7.41. The molecule has 1 aromatic carbocycles. The number of rotatable bonds is 3. The average Bonchev–Trinajstić information content (AvgIpc) is 3.07. The van der Waals surface area contributed by atoms with E-state index in [1.54, 1.807) is 31.3 Å². The van der Waals surface area contributed by atoms with Crippen molar-refractivity contribution < 1.29 is 9.59 Å². The van der Waals surface area contributed by atoms with Crippen LogP contribution in [0.3, 0.4) is 0 Å². The van der Waals surface area contributed by atoms with E-state index >= 15 is 0 Å². The van der Waals surface area contributed by atoms with Crippen molar-refractivity contribution in [2.24, 2.45) is 0 Å². The average molecular weight is 335 g/mol. The molecule has 4 nitrogen and oxygen atoms in total. The number of carbonyl (C=O) groups is 2. The van der Waals surface area contributed by atoms with E-state index in [1.165, 1.54) is 16.2 Å². The van der Waals surface area contributed by atoms with Crippen molar-refractivity contribution >= 4 is 39.8 Å². The lowest BCUT2D eigenvalue weighted by molar-refractivity contribution is 0.0963.